The third-order valence-corrected chi connectivity index (χ3v) is 1.18. The second-order valence-corrected chi connectivity index (χ2v) is 2.33. The summed E-state index contributed by atoms with van der Waals surface area (Å²) in [6.45, 7) is 2.03. The van der Waals surface area contributed by atoms with Crippen molar-refractivity contribution in [2.24, 2.45) is 11.5 Å². The van der Waals surface area contributed by atoms with E-state index >= 15 is 0 Å². The van der Waals surface area contributed by atoms with Crippen LogP contribution in [0.1, 0.15) is 26.2 Å². The van der Waals surface area contributed by atoms with Crippen LogP contribution in [0.2, 0.25) is 0 Å². The average molecular weight is 130 g/mol. The molecule has 0 aliphatic carbocycles. The van der Waals surface area contributed by atoms with Crippen molar-refractivity contribution in [3.8, 4) is 0 Å². The molecular weight excluding hydrogens is 116 g/mol. The largest absolute Gasteiger partial charge is 0.307 e. The molecule has 0 aromatic heterocycles. The van der Waals surface area contributed by atoms with Gasteiger partial charge >= 0.3 is 0 Å². The Morgan fingerprint density at radius 1 is 1.56 bits per heavy atom. The summed E-state index contributed by atoms with van der Waals surface area (Å²) in [7, 11) is 0. The first kappa shape index (κ1) is 8.59. The van der Waals surface area contributed by atoms with Gasteiger partial charge in [-0.15, -0.1) is 0 Å². The number of carbonyl (C=O) groups excluding carboxylic acids is 1. The maximum atomic E-state index is 10.1. The third-order valence-electron chi connectivity index (χ3n) is 1.18. The molecule has 3 heteroatoms. The Balaban J connectivity index is 3.45. The minimum atomic E-state index is -1.09. The van der Waals surface area contributed by atoms with Crippen molar-refractivity contribution in [1.82, 2.24) is 0 Å². The van der Waals surface area contributed by atoms with E-state index < -0.39 is 5.66 Å². The van der Waals surface area contributed by atoms with Crippen LogP contribution in [-0.2, 0) is 4.79 Å². The van der Waals surface area contributed by atoms with Crippen molar-refractivity contribution in [3.63, 3.8) is 0 Å². The molecule has 0 bridgehead atoms. The monoisotopic (exact) mass is 130 g/mol. The van der Waals surface area contributed by atoms with Crippen LogP contribution in [-0.4, -0.2) is 11.9 Å². The predicted octanol–water partition coefficient (Wildman–Crippen LogP) is -0.0108. The summed E-state index contributed by atoms with van der Waals surface area (Å²) in [5.41, 5.74) is 9.54. The van der Waals surface area contributed by atoms with Crippen molar-refractivity contribution in [1.29, 1.82) is 0 Å². The molecule has 0 rings (SSSR count). The fourth-order valence-electron chi connectivity index (χ4n) is 0.542. The van der Waals surface area contributed by atoms with Crippen LogP contribution in [0.3, 0.4) is 0 Å². The Hall–Kier alpha value is -0.410. The van der Waals surface area contributed by atoms with E-state index in [2.05, 4.69) is 0 Å². The van der Waals surface area contributed by atoms with Gasteiger partial charge < -0.3 is 11.5 Å². The zero-order chi connectivity index (χ0) is 7.33. The van der Waals surface area contributed by atoms with E-state index in [4.69, 9.17) is 11.5 Å². The fraction of sp³-hybridized carbons (Fsp3) is 0.833. The zero-order valence-electron chi connectivity index (χ0n) is 5.76. The Labute approximate surface area is 55.4 Å². The Kier molecular flexibility index (Phi) is 3.42. The van der Waals surface area contributed by atoms with Gasteiger partial charge in [0.15, 0.2) is 6.29 Å². The molecule has 0 fully saturated rings. The van der Waals surface area contributed by atoms with Crippen molar-refractivity contribution in [3.05, 3.63) is 0 Å². The van der Waals surface area contributed by atoms with Gasteiger partial charge in [0.05, 0.1) is 0 Å². The fourth-order valence-corrected chi connectivity index (χ4v) is 0.542. The molecule has 0 saturated carbocycles. The molecule has 0 aromatic rings. The standard InChI is InChI=1S/C6H14N2O/c1-2-3-4-6(7,8)5-9/h5H,2-4,7-8H2,1H3. The van der Waals surface area contributed by atoms with Crippen LogP contribution >= 0.6 is 0 Å². The lowest BCUT2D eigenvalue weighted by molar-refractivity contribution is -0.112. The normalized spacial score (nSPS) is 11.4. The topological polar surface area (TPSA) is 69.1 Å². The number of unbranched alkanes of at least 4 members (excludes halogenated alkanes) is 1. The SMILES string of the molecule is CCCCC(N)(N)C=O. The molecule has 0 unspecified atom stereocenters. The molecule has 4 N–H and O–H groups in total. The van der Waals surface area contributed by atoms with Crippen LogP contribution in [0, 0.1) is 0 Å². The second kappa shape index (κ2) is 3.58. The smallest absolute Gasteiger partial charge is 0.154 e. The van der Waals surface area contributed by atoms with E-state index in [9.17, 15) is 4.79 Å². The van der Waals surface area contributed by atoms with Gasteiger partial charge in [-0.2, -0.15) is 0 Å². The van der Waals surface area contributed by atoms with Gasteiger partial charge in [0, 0.05) is 0 Å². The molecule has 0 spiro atoms. The molecular formula is C6H14N2O. The van der Waals surface area contributed by atoms with Crippen molar-refractivity contribution >= 4 is 6.29 Å². The molecule has 9 heavy (non-hydrogen) atoms. The van der Waals surface area contributed by atoms with E-state index in [0.717, 1.165) is 12.8 Å². The second-order valence-electron chi connectivity index (χ2n) is 2.33. The minimum absolute atomic E-state index is 0.576. The maximum absolute atomic E-state index is 10.1. The van der Waals surface area contributed by atoms with E-state index in [0.29, 0.717) is 12.7 Å². The van der Waals surface area contributed by atoms with Gasteiger partial charge in [-0.1, -0.05) is 19.8 Å². The summed E-state index contributed by atoms with van der Waals surface area (Å²) in [6.07, 6.45) is 3.10. The van der Waals surface area contributed by atoms with Crippen LogP contribution in [0.4, 0.5) is 0 Å². The summed E-state index contributed by atoms with van der Waals surface area (Å²) in [6, 6.07) is 0. The molecule has 54 valence electrons. The number of aldehydes is 1. The molecule has 0 aliphatic heterocycles. The van der Waals surface area contributed by atoms with Crippen molar-refractivity contribution in [2.75, 3.05) is 0 Å². The lowest BCUT2D eigenvalue weighted by atomic mass is 10.1. The highest BCUT2D eigenvalue weighted by Crippen LogP contribution is 2.01. The average Bonchev–Trinajstić information content (AvgIpc) is 1.84. The van der Waals surface area contributed by atoms with E-state index in [-0.39, 0.29) is 0 Å². The number of hydrogen-bond donors (Lipinski definition) is 2. The van der Waals surface area contributed by atoms with Gasteiger partial charge in [-0.25, -0.2) is 0 Å². The van der Waals surface area contributed by atoms with Crippen molar-refractivity contribution in [2.45, 2.75) is 31.8 Å². The van der Waals surface area contributed by atoms with Crippen LogP contribution < -0.4 is 11.5 Å². The highest BCUT2D eigenvalue weighted by molar-refractivity contribution is 5.62. The highest BCUT2D eigenvalue weighted by atomic mass is 16.1. The Bertz CT molecular complexity index is 91.1. The maximum Gasteiger partial charge on any atom is 0.154 e. The van der Waals surface area contributed by atoms with Crippen LogP contribution in [0.15, 0.2) is 0 Å². The summed E-state index contributed by atoms with van der Waals surface area (Å²) in [5.74, 6) is 0. The minimum Gasteiger partial charge on any atom is -0.307 e. The quantitative estimate of drug-likeness (QED) is 0.415. The lowest BCUT2D eigenvalue weighted by Gasteiger charge is -2.15. The molecule has 0 amide bonds. The van der Waals surface area contributed by atoms with Gasteiger partial charge in [0.2, 0.25) is 0 Å². The van der Waals surface area contributed by atoms with Gasteiger partial charge in [0.1, 0.15) is 5.66 Å². The molecule has 0 radical (unpaired) electrons. The Morgan fingerprint density at radius 3 is 2.44 bits per heavy atom. The van der Waals surface area contributed by atoms with Crippen LogP contribution in [0.5, 0.6) is 0 Å². The van der Waals surface area contributed by atoms with E-state index in [1.165, 1.54) is 0 Å². The molecule has 0 heterocycles. The predicted molar refractivity (Wildman–Crippen MR) is 36.7 cm³/mol. The first-order valence-corrected chi connectivity index (χ1v) is 3.16. The number of carbonyl (C=O) groups is 1. The Morgan fingerprint density at radius 2 is 2.11 bits per heavy atom. The zero-order valence-corrected chi connectivity index (χ0v) is 5.76. The molecule has 0 atom stereocenters. The lowest BCUT2D eigenvalue weighted by Crippen LogP contribution is -2.50. The van der Waals surface area contributed by atoms with Gasteiger partial charge in [-0.05, 0) is 6.42 Å². The highest BCUT2D eigenvalue weighted by Gasteiger charge is 2.15. The van der Waals surface area contributed by atoms with Crippen LogP contribution in [0.25, 0.3) is 0 Å². The molecule has 0 aliphatic rings. The summed E-state index contributed by atoms with van der Waals surface area (Å²) >= 11 is 0. The number of rotatable bonds is 4. The summed E-state index contributed by atoms with van der Waals surface area (Å²) < 4.78 is 0. The van der Waals surface area contributed by atoms with Gasteiger partial charge in [0.25, 0.3) is 0 Å². The number of nitrogens with two attached hydrogens (primary N) is 2. The van der Waals surface area contributed by atoms with Gasteiger partial charge in [-0.3, -0.25) is 4.79 Å². The number of hydrogen-bond acceptors (Lipinski definition) is 3. The first-order valence-electron chi connectivity index (χ1n) is 3.16. The van der Waals surface area contributed by atoms with E-state index in [1.54, 1.807) is 0 Å². The summed E-state index contributed by atoms with van der Waals surface area (Å²) in [5, 5.41) is 0. The third kappa shape index (κ3) is 4.12. The molecule has 0 aromatic carbocycles. The summed E-state index contributed by atoms with van der Waals surface area (Å²) in [4.78, 5) is 10.1. The first-order chi connectivity index (χ1) is 4.12. The molecule has 3 nitrogen and oxygen atoms in total. The van der Waals surface area contributed by atoms with Crippen molar-refractivity contribution < 1.29 is 4.79 Å². The molecule has 0 saturated heterocycles. The van der Waals surface area contributed by atoms with E-state index in [1.807, 2.05) is 6.92 Å².